The van der Waals surface area contributed by atoms with Crippen LogP contribution in [0.1, 0.15) is 16.6 Å². The molecular weight excluding hydrogens is 402 g/mol. The van der Waals surface area contributed by atoms with E-state index in [-0.39, 0.29) is 22.6 Å². The number of hydrogen-bond donors (Lipinski definition) is 0. The van der Waals surface area contributed by atoms with Gasteiger partial charge < -0.3 is 9.47 Å². The number of rotatable bonds is 5. The maximum Gasteiger partial charge on any atom is 0.295 e. The van der Waals surface area contributed by atoms with Crippen LogP contribution in [0, 0.1) is 6.92 Å². The SMILES string of the molecule is COc1cccc([C@@H]2SCC(=O)N2c2c(C)n(C)n(-c3ccccc3)c2=O)c1OC. The second-order valence-corrected chi connectivity index (χ2v) is 7.99. The number of anilines is 1. The molecule has 1 atom stereocenters. The van der Waals surface area contributed by atoms with Crippen molar-refractivity contribution in [2.45, 2.75) is 12.3 Å². The summed E-state index contributed by atoms with van der Waals surface area (Å²) in [7, 11) is 4.97. The first-order valence-electron chi connectivity index (χ1n) is 9.48. The molecule has 3 aromatic rings. The van der Waals surface area contributed by atoms with Gasteiger partial charge in [-0.15, -0.1) is 11.8 Å². The molecule has 2 heterocycles. The van der Waals surface area contributed by atoms with E-state index in [1.165, 1.54) is 11.8 Å². The standard InChI is InChI=1S/C22H23N3O4S/c1-14-19(21(27)25(23(14)2)15-9-6-5-7-10-15)24-18(26)13-30-22(24)16-11-8-12-17(28-3)20(16)29-4/h5-12,22H,13H2,1-4H3/t22-/m0/s1. The summed E-state index contributed by atoms with van der Waals surface area (Å²) in [6.45, 7) is 1.85. The Morgan fingerprint density at radius 2 is 1.73 bits per heavy atom. The second-order valence-electron chi connectivity index (χ2n) is 6.92. The number of amides is 1. The van der Waals surface area contributed by atoms with E-state index in [9.17, 15) is 9.59 Å². The Balaban J connectivity index is 1.89. The zero-order chi connectivity index (χ0) is 21.4. The second kappa shape index (κ2) is 7.95. The fourth-order valence-corrected chi connectivity index (χ4v) is 5.01. The summed E-state index contributed by atoms with van der Waals surface area (Å²) in [5, 5.41) is -0.388. The van der Waals surface area contributed by atoms with Crippen molar-refractivity contribution in [2.75, 3.05) is 24.9 Å². The Morgan fingerprint density at radius 3 is 2.40 bits per heavy atom. The minimum absolute atomic E-state index is 0.110. The molecule has 0 unspecified atom stereocenters. The van der Waals surface area contributed by atoms with Crippen molar-refractivity contribution in [3.63, 3.8) is 0 Å². The lowest BCUT2D eigenvalue weighted by molar-refractivity contribution is -0.115. The predicted molar refractivity (Wildman–Crippen MR) is 118 cm³/mol. The van der Waals surface area contributed by atoms with Gasteiger partial charge in [-0.25, -0.2) is 4.68 Å². The lowest BCUT2D eigenvalue weighted by atomic mass is 10.1. The molecule has 0 radical (unpaired) electrons. The van der Waals surface area contributed by atoms with E-state index in [1.54, 1.807) is 28.5 Å². The normalized spacial score (nSPS) is 16.2. The topological polar surface area (TPSA) is 65.7 Å². The van der Waals surface area contributed by atoms with E-state index in [4.69, 9.17) is 9.47 Å². The molecule has 1 aliphatic heterocycles. The van der Waals surface area contributed by atoms with Crippen LogP contribution in [0.2, 0.25) is 0 Å². The Morgan fingerprint density at radius 1 is 1.00 bits per heavy atom. The molecule has 30 heavy (non-hydrogen) atoms. The van der Waals surface area contributed by atoms with E-state index >= 15 is 0 Å². The summed E-state index contributed by atoms with van der Waals surface area (Å²) in [5.74, 6) is 1.32. The van der Waals surface area contributed by atoms with Crippen molar-refractivity contribution < 1.29 is 14.3 Å². The van der Waals surface area contributed by atoms with E-state index in [0.717, 1.165) is 11.3 Å². The van der Waals surface area contributed by atoms with Crippen LogP contribution in [0.3, 0.4) is 0 Å². The molecule has 7 nitrogen and oxygen atoms in total. The van der Waals surface area contributed by atoms with E-state index < -0.39 is 0 Å². The summed E-state index contributed by atoms with van der Waals surface area (Å²) >= 11 is 1.47. The van der Waals surface area contributed by atoms with Gasteiger partial charge in [0.1, 0.15) is 11.1 Å². The van der Waals surface area contributed by atoms with Gasteiger partial charge in [-0.2, -0.15) is 0 Å². The van der Waals surface area contributed by atoms with Crippen molar-refractivity contribution in [3.05, 3.63) is 70.1 Å². The number of nitrogens with zero attached hydrogens (tertiary/aromatic N) is 3. The maximum absolute atomic E-state index is 13.5. The molecule has 1 aliphatic rings. The molecule has 1 aromatic heterocycles. The third-order valence-electron chi connectivity index (χ3n) is 5.33. The highest BCUT2D eigenvalue weighted by Gasteiger charge is 2.40. The quantitative estimate of drug-likeness (QED) is 0.628. The van der Waals surface area contributed by atoms with Gasteiger partial charge in [0.15, 0.2) is 11.5 Å². The van der Waals surface area contributed by atoms with Crippen molar-refractivity contribution >= 4 is 23.4 Å². The number of hydrogen-bond acceptors (Lipinski definition) is 5. The largest absolute Gasteiger partial charge is 0.493 e. The van der Waals surface area contributed by atoms with Crippen LogP contribution in [0.25, 0.3) is 5.69 Å². The molecule has 0 N–H and O–H groups in total. The fraction of sp³-hybridized carbons (Fsp3) is 0.273. The zero-order valence-corrected chi connectivity index (χ0v) is 18.1. The van der Waals surface area contributed by atoms with Crippen LogP contribution in [-0.2, 0) is 11.8 Å². The minimum atomic E-state index is -0.388. The summed E-state index contributed by atoms with van der Waals surface area (Å²) in [6.07, 6.45) is 0. The minimum Gasteiger partial charge on any atom is -0.493 e. The molecule has 1 amide bonds. The number of carbonyl (C=O) groups is 1. The molecular formula is C22H23N3O4S. The third-order valence-corrected chi connectivity index (χ3v) is 6.53. The van der Waals surface area contributed by atoms with Gasteiger partial charge in [-0.3, -0.25) is 19.2 Å². The average Bonchev–Trinajstić information content (AvgIpc) is 3.24. The monoisotopic (exact) mass is 425 g/mol. The molecule has 1 fully saturated rings. The molecule has 4 rings (SSSR count). The van der Waals surface area contributed by atoms with Gasteiger partial charge in [0.2, 0.25) is 5.91 Å². The highest BCUT2D eigenvalue weighted by atomic mass is 32.2. The van der Waals surface area contributed by atoms with Crippen LogP contribution < -0.4 is 19.9 Å². The molecule has 0 bridgehead atoms. The molecule has 156 valence electrons. The number of carbonyl (C=O) groups excluding carboxylic acids is 1. The lowest BCUT2D eigenvalue weighted by Gasteiger charge is -2.25. The van der Waals surface area contributed by atoms with Crippen molar-refractivity contribution in [3.8, 4) is 17.2 Å². The van der Waals surface area contributed by atoms with Crippen LogP contribution in [0.5, 0.6) is 11.5 Å². The van der Waals surface area contributed by atoms with E-state index in [0.29, 0.717) is 22.9 Å². The van der Waals surface area contributed by atoms with Gasteiger partial charge in [-0.1, -0.05) is 30.3 Å². The molecule has 0 aliphatic carbocycles. The van der Waals surface area contributed by atoms with Gasteiger partial charge in [-0.05, 0) is 25.1 Å². The zero-order valence-electron chi connectivity index (χ0n) is 17.3. The highest BCUT2D eigenvalue weighted by molar-refractivity contribution is 8.00. The number of ether oxygens (including phenoxy) is 2. The molecule has 8 heteroatoms. The van der Waals surface area contributed by atoms with E-state index in [2.05, 4.69) is 0 Å². The lowest BCUT2D eigenvalue weighted by Crippen LogP contribution is -2.33. The molecule has 0 spiro atoms. The number of methoxy groups -OCH3 is 2. The third kappa shape index (κ3) is 3.08. The van der Waals surface area contributed by atoms with Gasteiger partial charge in [0.25, 0.3) is 5.56 Å². The Labute approximate surface area is 178 Å². The summed E-state index contributed by atoms with van der Waals surface area (Å²) in [6, 6.07) is 15.0. The Hall–Kier alpha value is -3.13. The first-order valence-corrected chi connectivity index (χ1v) is 10.5. The van der Waals surface area contributed by atoms with Crippen molar-refractivity contribution in [2.24, 2.45) is 7.05 Å². The summed E-state index contributed by atoms with van der Waals surface area (Å²) < 4.78 is 14.4. The van der Waals surface area contributed by atoms with Gasteiger partial charge in [0.05, 0.1) is 31.4 Å². The average molecular weight is 426 g/mol. The summed E-state index contributed by atoms with van der Waals surface area (Å²) in [4.78, 5) is 28.0. The fourth-order valence-electron chi connectivity index (χ4n) is 3.83. The number of aromatic nitrogens is 2. The molecule has 2 aromatic carbocycles. The molecule has 0 saturated carbocycles. The predicted octanol–water partition coefficient (Wildman–Crippen LogP) is 3.28. The maximum atomic E-state index is 13.5. The number of para-hydroxylation sites is 2. The smallest absolute Gasteiger partial charge is 0.295 e. The van der Waals surface area contributed by atoms with Crippen molar-refractivity contribution in [1.29, 1.82) is 0 Å². The Bertz CT molecular complexity index is 1150. The Kier molecular flexibility index (Phi) is 5.34. The van der Waals surface area contributed by atoms with Crippen LogP contribution >= 0.6 is 11.8 Å². The first kappa shape index (κ1) is 20.2. The van der Waals surface area contributed by atoms with Gasteiger partial charge in [0, 0.05) is 12.6 Å². The molecule has 1 saturated heterocycles. The van der Waals surface area contributed by atoms with Crippen LogP contribution in [-0.4, -0.2) is 35.2 Å². The van der Waals surface area contributed by atoms with Crippen LogP contribution in [0.15, 0.2) is 53.3 Å². The highest BCUT2D eigenvalue weighted by Crippen LogP contribution is 2.47. The number of benzene rings is 2. The van der Waals surface area contributed by atoms with Crippen molar-refractivity contribution in [1.82, 2.24) is 9.36 Å². The van der Waals surface area contributed by atoms with E-state index in [1.807, 2.05) is 62.5 Å². The van der Waals surface area contributed by atoms with Gasteiger partial charge >= 0.3 is 0 Å². The first-order chi connectivity index (χ1) is 14.5. The summed E-state index contributed by atoms with van der Waals surface area (Å²) in [5.41, 5.74) is 2.40. The number of thioether (sulfide) groups is 1. The van der Waals surface area contributed by atoms with Crippen LogP contribution in [0.4, 0.5) is 5.69 Å².